The van der Waals surface area contributed by atoms with Crippen LogP contribution in [-0.4, -0.2) is 50.0 Å². The van der Waals surface area contributed by atoms with Crippen molar-refractivity contribution in [3.63, 3.8) is 0 Å². The van der Waals surface area contributed by atoms with Crippen molar-refractivity contribution >= 4 is 29.3 Å². The molecule has 1 aliphatic rings. The molecule has 0 aliphatic carbocycles. The predicted octanol–water partition coefficient (Wildman–Crippen LogP) is 4.31. The lowest BCUT2D eigenvalue weighted by Crippen LogP contribution is -2.48. The molecule has 33 heavy (non-hydrogen) atoms. The molecular weight excluding hydrogens is 414 g/mol. The second kappa shape index (κ2) is 10.5. The molecule has 0 spiro atoms. The van der Waals surface area contributed by atoms with Gasteiger partial charge in [-0.3, -0.25) is 9.59 Å². The highest BCUT2D eigenvalue weighted by Gasteiger charge is 2.22. The van der Waals surface area contributed by atoms with Gasteiger partial charge in [-0.25, -0.2) is 0 Å². The predicted molar refractivity (Wildman–Crippen MR) is 132 cm³/mol. The number of nitrogens with zero attached hydrogens (tertiary/aromatic N) is 2. The molecule has 6 nitrogen and oxygen atoms in total. The van der Waals surface area contributed by atoms with Gasteiger partial charge in [-0.1, -0.05) is 30.3 Å². The van der Waals surface area contributed by atoms with Crippen molar-refractivity contribution in [2.45, 2.75) is 0 Å². The van der Waals surface area contributed by atoms with E-state index in [0.717, 1.165) is 35.8 Å². The summed E-state index contributed by atoms with van der Waals surface area (Å²) in [6.07, 6.45) is 3.32. The minimum atomic E-state index is -0.169. The number of carbonyl (C=O) groups excluding carboxylic acids is 2. The molecule has 1 fully saturated rings. The number of nitrogens with one attached hydrogen (secondary N) is 1. The van der Waals surface area contributed by atoms with E-state index in [2.05, 4.69) is 10.2 Å². The Balaban J connectivity index is 1.28. The second-order valence-corrected chi connectivity index (χ2v) is 7.79. The molecule has 1 N–H and O–H groups in total. The van der Waals surface area contributed by atoms with Gasteiger partial charge in [0.2, 0.25) is 5.91 Å². The minimum Gasteiger partial charge on any atom is -0.497 e. The number of ether oxygens (including phenoxy) is 1. The number of amides is 2. The number of anilines is 2. The lowest BCUT2D eigenvalue weighted by molar-refractivity contribution is -0.111. The quantitative estimate of drug-likeness (QED) is 0.579. The summed E-state index contributed by atoms with van der Waals surface area (Å²) < 4.78 is 5.16. The summed E-state index contributed by atoms with van der Waals surface area (Å²) >= 11 is 0. The Bertz CT molecular complexity index is 1100. The van der Waals surface area contributed by atoms with Crippen molar-refractivity contribution in [3.05, 3.63) is 96.1 Å². The topological polar surface area (TPSA) is 61.9 Å². The van der Waals surface area contributed by atoms with Crippen LogP contribution in [0.25, 0.3) is 6.08 Å². The average Bonchev–Trinajstić information content (AvgIpc) is 2.88. The zero-order valence-corrected chi connectivity index (χ0v) is 18.6. The lowest BCUT2D eigenvalue weighted by atomic mass is 10.1. The van der Waals surface area contributed by atoms with Gasteiger partial charge in [0.15, 0.2) is 0 Å². The monoisotopic (exact) mass is 441 g/mol. The molecule has 4 rings (SSSR count). The van der Waals surface area contributed by atoms with Crippen LogP contribution in [0.3, 0.4) is 0 Å². The number of rotatable bonds is 6. The van der Waals surface area contributed by atoms with E-state index in [1.807, 2.05) is 59.5 Å². The third-order valence-electron chi connectivity index (χ3n) is 5.63. The molecule has 168 valence electrons. The van der Waals surface area contributed by atoms with Gasteiger partial charge in [0.25, 0.3) is 5.91 Å². The van der Waals surface area contributed by atoms with E-state index in [-0.39, 0.29) is 11.8 Å². The Morgan fingerprint density at radius 1 is 0.848 bits per heavy atom. The molecule has 3 aromatic rings. The van der Waals surface area contributed by atoms with Crippen molar-refractivity contribution in [2.75, 3.05) is 43.5 Å². The highest BCUT2D eigenvalue weighted by molar-refractivity contribution is 6.02. The Hall–Kier alpha value is -4.06. The van der Waals surface area contributed by atoms with Gasteiger partial charge < -0.3 is 19.9 Å². The third kappa shape index (κ3) is 5.80. The number of piperazine rings is 1. The number of benzene rings is 3. The van der Waals surface area contributed by atoms with Gasteiger partial charge in [-0.05, 0) is 60.2 Å². The van der Waals surface area contributed by atoms with Gasteiger partial charge in [0, 0.05) is 49.2 Å². The molecule has 1 aliphatic heterocycles. The maximum Gasteiger partial charge on any atom is 0.253 e. The molecular formula is C27H27N3O3. The molecule has 0 radical (unpaired) electrons. The number of hydrogen-bond acceptors (Lipinski definition) is 4. The van der Waals surface area contributed by atoms with Crippen molar-refractivity contribution < 1.29 is 14.3 Å². The highest BCUT2D eigenvalue weighted by Crippen LogP contribution is 2.21. The van der Waals surface area contributed by atoms with E-state index < -0.39 is 0 Å². The third-order valence-corrected chi connectivity index (χ3v) is 5.63. The molecule has 0 aromatic heterocycles. The lowest BCUT2D eigenvalue weighted by Gasteiger charge is -2.36. The van der Waals surface area contributed by atoms with E-state index in [1.165, 1.54) is 6.08 Å². The molecule has 0 atom stereocenters. The van der Waals surface area contributed by atoms with Crippen LogP contribution in [0, 0.1) is 0 Å². The van der Waals surface area contributed by atoms with Crippen molar-refractivity contribution in [3.8, 4) is 5.75 Å². The molecule has 0 bridgehead atoms. The standard InChI is InChI=1S/C27H27N3O3/c1-33-25-14-8-22(9-15-25)27(32)30-19-17-29(18-20-30)24-12-10-23(11-13-24)28-26(31)16-7-21-5-3-2-4-6-21/h2-16H,17-20H2,1H3,(H,28,31). The highest BCUT2D eigenvalue weighted by atomic mass is 16.5. The average molecular weight is 442 g/mol. The van der Waals surface area contributed by atoms with E-state index in [4.69, 9.17) is 4.74 Å². The maximum absolute atomic E-state index is 12.8. The molecule has 2 amide bonds. The molecule has 0 saturated carbocycles. The molecule has 1 heterocycles. The van der Waals surface area contributed by atoms with Gasteiger partial charge >= 0.3 is 0 Å². The summed E-state index contributed by atoms with van der Waals surface area (Å²) in [6, 6.07) is 24.7. The van der Waals surface area contributed by atoms with E-state index in [0.29, 0.717) is 18.7 Å². The molecule has 3 aromatic carbocycles. The van der Waals surface area contributed by atoms with Crippen LogP contribution in [0.1, 0.15) is 15.9 Å². The van der Waals surface area contributed by atoms with Crippen LogP contribution < -0.4 is 15.0 Å². The second-order valence-electron chi connectivity index (χ2n) is 7.79. The van der Waals surface area contributed by atoms with E-state index >= 15 is 0 Å². The minimum absolute atomic E-state index is 0.0407. The van der Waals surface area contributed by atoms with Gasteiger partial charge in [0.05, 0.1) is 7.11 Å². The van der Waals surface area contributed by atoms with Crippen LogP contribution in [0.5, 0.6) is 5.75 Å². The summed E-state index contributed by atoms with van der Waals surface area (Å²) in [4.78, 5) is 29.1. The largest absolute Gasteiger partial charge is 0.497 e. The summed E-state index contributed by atoms with van der Waals surface area (Å²) in [6.45, 7) is 2.84. The normalized spacial score (nSPS) is 13.7. The Morgan fingerprint density at radius 3 is 2.15 bits per heavy atom. The number of hydrogen-bond donors (Lipinski definition) is 1. The summed E-state index contributed by atoms with van der Waals surface area (Å²) in [5.74, 6) is 0.611. The van der Waals surface area contributed by atoms with Crippen LogP contribution >= 0.6 is 0 Å². The van der Waals surface area contributed by atoms with Crippen LogP contribution in [0.2, 0.25) is 0 Å². The fourth-order valence-corrected chi connectivity index (χ4v) is 3.76. The van der Waals surface area contributed by atoms with Crippen LogP contribution in [0.4, 0.5) is 11.4 Å². The zero-order valence-electron chi connectivity index (χ0n) is 18.6. The first-order valence-corrected chi connectivity index (χ1v) is 10.9. The summed E-state index contributed by atoms with van der Waals surface area (Å²) in [7, 11) is 1.61. The van der Waals surface area contributed by atoms with Crippen molar-refractivity contribution in [1.82, 2.24) is 4.90 Å². The van der Waals surface area contributed by atoms with Crippen LogP contribution in [-0.2, 0) is 4.79 Å². The Morgan fingerprint density at radius 2 is 1.52 bits per heavy atom. The van der Waals surface area contributed by atoms with Crippen molar-refractivity contribution in [1.29, 1.82) is 0 Å². The van der Waals surface area contributed by atoms with Crippen molar-refractivity contribution in [2.24, 2.45) is 0 Å². The van der Waals surface area contributed by atoms with Gasteiger partial charge in [0.1, 0.15) is 5.75 Å². The maximum atomic E-state index is 12.8. The van der Waals surface area contributed by atoms with Crippen LogP contribution in [0.15, 0.2) is 84.9 Å². The first-order chi connectivity index (χ1) is 16.1. The fraction of sp³-hybridized carbons (Fsp3) is 0.185. The van der Waals surface area contributed by atoms with E-state index in [9.17, 15) is 9.59 Å². The summed E-state index contributed by atoms with van der Waals surface area (Å²) in [5.41, 5.74) is 3.47. The van der Waals surface area contributed by atoms with Gasteiger partial charge in [-0.15, -0.1) is 0 Å². The Kier molecular flexibility index (Phi) is 7.05. The van der Waals surface area contributed by atoms with Gasteiger partial charge in [-0.2, -0.15) is 0 Å². The SMILES string of the molecule is COc1ccc(C(=O)N2CCN(c3ccc(NC(=O)C=Cc4ccccc4)cc3)CC2)cc1. The number of carbonyl (C=O) groups is 2. The first-order valence-electron chi connectivity index (χ1n) is 10.9. The zero-order chi connectivity index (χ0) is 23.0. The summed E-state index contributed by atoms with van der Waals surface area (Å²) in [5, 5.41) is 2.88. The first kappa shape index (κ1) is 22.1. The smallest absolute Gasteiger partial charge is 0.253 e. The molecule has 1 saturated heterocycles. The molecule has 6 heteroatoms. The van der Waals surface area contributed by atoms with E-state index in [1.54, 1.807) is 37.5 Å². The number of methoxy groups -OCH3 is 1. The molecule has 0 unspecified atom stereocenters. The Labute approximate surface area is 194 Å². The fourth-order valence-electron chi connectivity index (χ4n) is 3.76.